The lowest BCUT2D eigenvalue weighted by Gasteiger charge is -2.36. The number of piperazine rings is 1. The van der Waals surface area contributed by atoms with Gasteiger partial charge in [0.2, 0.25) is 5.91 Å². The van der Waals surface area contributed by atoms with Crippen molar-refractivity contribution in [2.24, 2.45) is 5.92 Å². The van der Waals surface area contributed by atoms with E-state index in [0.29, 0.717) is 11.8 Å². The minimum atomic E-state index is 0.342. The monoisotopic (exact) mass is 259 g/mol. The molecule has 3 rings (SSSR count). The topological polar surface area (TPSA) is 49.6 Å². The number of nitrogens with zero attached hydrogens (tertiary/aromatic N) is 2. The molecular formula is C15H21N3O. The first-order valence-corrected chi connectivity index (χ1v) is 7.10. The second-order valence-electron chi connectivity index (χ2n) is 5.61. The van der Waals surface area contributed by atoms with E-state index in [1.807, 2.05) is 23.1 Å². The van der Waals surface area contributed by atoms with Crippen molar-refractivity contribution in [1.82, 2.24) is 4.90 Å². The number of rotatable bonds is 3. The van der Waals surface area contributed by atoms with E-state index in [0.717, 1.165) is 44.0 Å². The van der Waals surface area contributed by atoms with Crippen molar-refractivity contribution in [3.8, 4) is 0 Å². The molecule has 0 radical (unpaired) electrons. The first-order chi connectivity index (χ1) is 9.22. The van der Waals surface area contributed by atoms with E-state index < -0.39 is 0 Å². The molecule has 2 fully saturated rings. The predicted octanol–water partition coefficient (Wildman–Crippen LogP) is 1.72. The Balaban J connectivity index is 1.55. The van der Waals surface area contributed by atoms with E-state index in [1.165, 1.54) is 12.8 Å². The number of amides is 1. The predicted molar refractivity (Wildman–Crippen MR) is 77.0 cm³/mol. The molecule has 1 aliphatic carbocycles. The molecule has 2 aliphatic rings. The first kappa shape index (κ1) is 12.3. The van der Waals surface area contributed by atoms with Crippen molar-refractivity contribution in [1.29, 1.82) is 0 Å². The number of nitrogens with two attached hydrogens (primary N) is 1. The molecule has 19 heavy (non-hydrogen) atoms. The van der Waals surface area contributed by atoms with E-state index in [1.54, 1.807) is 0 Å². The Morgan fingerprint density at radius 1 is 1.21 bits per heavy atom. The molecule has 0 unspecified atom stereocenters. The Kier molecular flexibility index (Phi) is 3.32. The molecule has 2 N–H and O–H groups in total. The highest BCUT2D eigenvalue weighted by Crippen LogP contribution is 2.33. The highest BCUT2D eigenvalue weighted by atomic mass is 16.2. The van der Waals surface area contributed by atoms with Gasteiger partial charge in [-0.25, -0.2) is 0 Å². The van der Waals surface area contributed by atoms with Crippen LogP contribution in [0.4, 0.5) is 11.4 Å². The largest absolute Gasteiger partial charge is 0.399 e. The summed E-state index contributed by atoms with van der Waals surface area (Å²) in [6, 6.07) is 7.97. The SMILES string of the molecule is Nc1cccc(N2CCN(C(=O)CC3CC3)CC2)c1. The summed E-state index contributed by atoms with van der Waals surface area (Å²) in [5.74, 6) is 1.02. The molecule has 0 bridgehead atoms. The summed E-state index contributed by atoms with van der Waals surface area (Å²) in [7, 11) is 0. The normalized spacial score (nSPS) is 19.6. The number of carbonyl (C=O) groups is 1. The van der Waals surface area contributed by atoms with Crippen LogP contribution in [0, 0.1) is 5.92 Å². The smallest absolute Gasteiger partial charge is 0.222 e. The zero-order chi connectivity index (χ0) is 13.2. The molecule has 1 saturated heterocycles. The molecule has 4 heteroatoms. The van der Waals surface area contributed by atoms with Gasteiger partial charge in [-0.15, -0.1) is 0 Å². The van der Waals surface area contributed by atoms with Crippen LogP contribution >= 0.6 is 0 Å². The van der Waals surface area contributed by atoms with Crippen molar-refractivity contribution in [2.75, 3.05) is 36.8 Å². The van der Waals surface area contributed by atoms with Crippen LogP contribution in [0.2, 0.25) is 0 Å². The molecule has 1 saturated carbocycles. The van der Waals surface area contributed by atoms with E-state index in [4.69, 9.17) is 5.73 Å². The summed E-state index contributed by atoms with van der Waals surface area (Å²) in [5.41, 5.74) is 7.77. The van der Waals surface area contributed by atoms with Crippen molar-refractivity contribution in [3.05, 3.63) is 24.3 Å². The number of hydrogen-bond donors (Lipinski definition) is 1. The Bertz CT molecular complexity index is 462. The van der Waals surface area contributed by atoms with E-state index in [9.17, 15) is 4.79 Å². The van der Waals surface area contributed by atoms with Gasteiger partial charge in [-0.1, -0.05) is 6.07 Å². The fourth-order valence-corrected chi connectivity index (χ4v) is 2.63. The van der Waals surface area contributed by atoms with Crippen LogP contribution < -0.4 is 10.6 Å². The van der Waals surface area contributed by atoms with Crippen LogP contribution in [-0.2, 0) is 4.79 Å². The average molecular weight is 259 g/mol. The van der Waals surface area contributed by atoms with Crippen molar-refractivity contribution < 1.29 is 4.79 Å². The van der Waals surface area contributed by atoms with Crippen LogP contribution in [0.3, 0.4) is 0 Å². The quantitative estimate of drug-likeness (QED) is 0.841. The summed E-state index contributed by atoms with van der Waals surface area (Å²) < 4.78 is 0. The molecule has 0 aromatic heterocycles. The van der Waals surface area contributed by atoms with E-state index in [2.05, 4.69) is 11.0 Å². The molecule has 1 aliphatic heterocycles. The molecule has 1 aromatic rings. The van der Waals surface area contributed by atoms with E-state index in [-0.39, 0.29) is 0 Å². The van der Waals surface area contributed by atoms with Gasteiger partial charge in [0.25, 0.3) is 0 Å². The van der Waals surface area contributed by atoms with Crippen LogP contribution in [-0.4, -0.2) is 37.0 Å². The first-order valence-electron chi connectivity index (χ1n) is 7.10. The maximum Gasteiger partial charge on any atom is 0.222 e. The number of anilines is 2. The summed E-state index contributed by atoms with van der Waals surface area (Å²) in [4.78, 5) is 16.4. The fourth-order valence-electron chi connectivity index (χ4n) is 2.63. The molecule has 4 nitrogen and oxygen atoms in total. The minimum absolute atomic E-state index is 0.342. The molecule has 1 heterocycles. The van der Waals surface area contributed by atoms with Crippen LogP contribution in [0.15, 0.2) is 24.3 Å². The lowest BCUT2D eigenvalue weighted by molar-refractivity contribution is -0.131. The summed E-state index contributed by atoms with van der Waals surface area (Å²) in [6.45, 7) is 3.47. The van der Waals surface area contributed by atoms with Gasteiger partial charge in [0.1, 0.15) is 0 Å². The van der Waals surface area contributed by atoms with Crippen LogP contribution in [0.1, 0.15) is 19.3 Å². The molecule has 0 atom stereocenters. The molecule has 102 valence electrons. The van der Waals surface area contributed by atoms with Gasteiger partial charge in [-0.3, -0.25) is 4.79 Å². The van der Waals surface area contributed by atoms with Crippen molar-refractivity contribution >= 4 is 17.3 Å². The Hall–Kier alpha value is -1.71. The van der Waals surface area contributed by atoms with Gasteiger partial charge in [0.15, 0.2) is 0 Å². The summed E-state index contributed by atoms with van der Waals surface area (Å²) >= 11 is 0. The lowest BCUT2D eigenvalue weighted by Crippen LogP contribution is -2.48. The highest BCUT2D eigenvalue weighted by molar-refractivity contribution is 5.77. The van der Waals surface area contributed by atoms with Crippen LogP contribution in [0.5, 0.6) is 0 Å². The average Bonchev–Trinajstić information content (AvgIpc) is 3.23. The zero-order valence-corrected chi connectivity index (χ0v) is 11.2. The molecular weight excluding hydrogens is 238 g/mol. The number of hydrogen-bond acceptors (Lipinski definition) is 3. The summed E-state index contributed by atoms with van der Waals surface area (Å²) in [5, 5.41) is 0. The standard InChI is InChI=1S/C15H21N3O/c16-13-2-1-3-14(11-13)17-6-8-18(9-7-17)15(19)10-12-4-5-12/h1-3,11-12H,4-10,16H2. The van der Waals surface area contributed by atoms with Crippen molar-refractivity contribution in [3.63, 3.8) is 0 Å². The zero-order valence-electron chi connectivity index (χ0n) is 11.2. The summed E-state index contributed by atoms with van der Waals surface area (Å²) in [6.07, 6.45) is 3.25. The number of carbonyl (C=O) groups excluding carboxylic acids is 1. The Labute approximate surface area is 114 Å². The maximum absolute atomic E-state index is 12.0. The minimum Gasteiger partial charge on any atom is -0.399 e. The third kappa shape index (κ3) is 3.00. The highest BCUT2D eigenvalue weighted by Gasteiger charge is 2.28. The van der Waals surface area contributed by atoms with Crippen molar-refractivity contribution in [2.45, 2.75) is 19.3 Å². The van der Waals surface area contributed by atoms with Gasteiger partial charge < -0.3 is 15.5 Å². The maximum atomic E-state index is 12.0. The van der Waals surface area contributed by atoms with E-state index >= 15 is 0 Å². The third-order valence-corrected chi connectivity index (χ3v) is 4.03. The molecule has 1 amide bonds. The van der Waals surface area contributed by atoms with Gasteiger partial charge in [0.05, 0.1) is 0 Å². The third-order valence-electron chi connectivity index (χ3n) is 4.03. The fraction of sp³-hybridized carbons (Fsp3) is 0.533. The lowest BCUT2D eigenvalue weighted by atomic mass is 10.2. The van der Waals surface area contributed by atoms with Crippen LogP contribution in [0.25, 0.3) is 0 Å². The Morgan fingerprint density at radius 2 is 1.95 bits per heavy atom. The van der Waals surface area contributed by atoms with Gasteiger partial charge >= 0.3 is 0 Å². The molecule has 1 aromatic carbocycles. The number of nitrogen functional groups attached to an aromatic ring is 1. The van der Waals surface area contributed by atoms with Gasteiger partial charge in [-0.05, 0) is 37.0 Å². The Morgan fingerprint density at radius 3 is 2.58 bits per heavy atom. The van der Waals surface area contributed by atoms with Gasteiger partial charge in [-0.2, -0.15) is 0 Å². The molecule has 0 spiro atoms. The number of benzene rings is 1. The second-order valence-corrected chi connectivity index (χ2v) is 5.61. The second kappa shape index (κ2) is 5.11. The van der Waals surface area contributed by atoms with Gasteiger partial charge in [0, 0.05) is 44.0 Å².